The predicted molar refractivity (Wildman–Crippen MR) is 124 cm³/mol. The number of carbonyl (C=O) groups is 1. The van der Waals surface area contributed by atoms with E-state index in [9.17, 15) is 4.79 Å². The average Bonchev–Trinajstić information content (AvgIpc) is 3.14. The van der Waals surface area contributed by atoms with Gasteiger partial charge >= 0.3 is 0 Å². The summed E-state index contributed by atoms with van der Waals surface area (Å²) < 4.78 is 11.6. The highest BCUT2D eigenvalue weighted by atomic mass is 35.5. The third kappa shape index (κ3) is 4.64. The first-order chi connectivity index (χ1) is 14.7. The van der Waals surface area contributed by atoms with Crippen molar-refractivity contribution in [1.29, 1.82) is 0 Å². The Morgan fingerprint density at radius 3 is 2.52 bits per heavy atom. The van der Waals surface area contributed by atoms with Crippen molar-refractivity contribution in [2.75, 3.05) is 5.32 Å². The van der Waals surface area contributed by atoms with E-state index in [-0.39, 0.29) is 5.91 Å². The molecule has 4 aromatic rings. The van der Waals surface area contributed by atoms with Crippen molar-refractivity contribution >= 4 is 57.5 Å². The fraction of sp³-hybridized carbons (Fsp3) is 0.130. The van der Waals surface area contributed by atoms with Crippen LogP contribution < -0.4 is 10.1 Å². The Balaban J connectivity index is 1.55. The van der Waals surface area contributed by atoms with E-state index in [4.69, 9.17) is 44.0 Å². The molecule has 0 fully saturated rings. The first-order valence-electron chi connectivity index (χ1n) is 9.34. The van der Waals surface area contributed by atoms with Crippen molar-refractivity contribution < 1.29 is 13.9 Å². The molecular weight excluding hydrogens is 459 g/mol. The Morgan fingerprint density at radius 1 is 1.03 bits per heavy atom. The molecule has 8 heteroatoms. The molecule has 1 heterocycles. The summed E-state index contributed by atoms with van der Waals surface area (Å²) in [6.45, 7) is 3.37. The number of hydrogen-bond acceptors (Lipinski definition) is 4. The van der Waals surface area contributed by atoms with Crippen LogP contribution in [0, 0.1) is 0 Å². The normalized spacial score (nSPS) is 11.5. The number of aromatic nitrogens is 1. The largest absolute Gasteiger partial charge is 0.478 e. The van der Waals surface area contributed by atoms with Crippen molar-refractivity contribution in [1.82, 2.24) is 4.98 Å². The van der Waals surface area contributed by atoms with Crippen LogP contribution in [0.3, 0.4) is 0 Å². The van der Waals surface area contributed by atoms with E-state index in [2.05, 4.69) is 10.3 Å². The lowest BCUT2D eigenvalue weighted by molar-refractivity contribution is -0.128. The lowest BCUT2D eigenvalue weighted by atomic mass is 10.1. The van der Waals surface area contributed by atoms with Crippen LogP contribution in [0.4, 0.5) is 5.69 Å². The van der Waals surface area contributed by atoms with E-state index in [0.29, 0.717) is 49.1 Å². The summed E-state index contributed by atoms with van der Waals surface area (Å²) in [6.07, 6.45) is 0. The Bertz CT molecular complexity index is 1270. The summed E-state index contributed by atoms with van der Waals surface area (Å²) in [5, 5.41) is 4.23. The Labute approximate surface area is 193 Å². The van der Waals surface area contributed by atoms with Crippen LogP contribution in [0.5, 0.6) is 5.75 Å². The molecule has 4 rings (SSSR count). The SMILES string of the molecule is CC(C)(Oc1ccc(Cl)cc1)C(=O)Nc1ccc2oc(-c3cccc(Cl)c3Cl)nc2c1. The quantitative estimate of drug-likeness (QED) is 0.330. The topological polar surface area (TPSA) is 64.4 Å². The molecule has 0 saturated heterocycles. The first kappa shape index (κ1) is 21.5. The Hall–Kier alpha value is -2.73. The number of halogens is 3. The van der Waals surface area contributed by atoms with Crippen molar-refractivity contribution in [2.45, 2.75) is 19.4 Å². The zero-order chi connectivity index (χ0) is 22.2. The molecule has 0 aliphatic rings. The van der Waals surface area contributed by atoms with Gasteiger partial charge in [-0.1, -0.05) is 40.9 Å². The van der Waals surface area contributed by atoms with Crippen molar-refractivity contribution in [3.63, 3.8) is 0 Å². The van der Waals surface area contributed by atoms with E-state index in [0.717, 1.165) is 0 Å². The van der Waals surface area contributed by atoms with Gasteiger partial charge in [0.2, 0.25) is 5.89 Å². The molecule has 31 heavy (non-hydrogen) atoms. The number of benzene rings is 3. The zero-order valence-electron chi connectivity index (χ0n) is 16.6. The minimum absolute atomic E-state index is 0.316. The maximum Gasteiger partial charge on any atom is 0.267 e. The molecule has 3 aromatic carbocycles. The molecular formula is C23H17Cl3N2O3. The molecule has 0 radical (unpaired) electrons. The molecule has 0 bridgehead atoms. The number of nitrogens with zero attached hydrogens (tertiary/aromatic N) is 1. The van der Waals surface area contributed by atoms with Crippen molar-refractivity contribution in [3.05, 3.63) is 75.7 Å². The lowest BCUT2D eigenvalue weighted by Crippen LogP contribution is -2.42. The fourth-order valence-corrected chi connectivity index (χ4v) is 3.42. The van der Waals surface area contributed by atoms with Gasteiger partial charge in [-0.15, -0.1) is 0 Å². The second-order valence-corrected chi connectivity index (χ2v) is 8.54. The number of hydrogen-bond donors (Lipinski definition) is 1. The number of fused-ring (bicyclic) bond motifs is 1. The summed E-state index contributed by atoms with van der Waals surface area (Å²) in [6, 6.07) is 17.2. The summed E-state index contributed by atoms with van der Waals surface area (Å²) >= 11 is 18.3. The van der Waals surface area contributed by atoms with Gasteiger partial charge in [0, 0.05) is 10.7 Å². The van der Waals surface area contributed by atoms with Gasteiger partial charge in [-0.3, -0.25) is 4.79 Å². The van der Waals surface area contributed by atoms with Crippen molar-refractivity contribution in [3.8, 4) is 17.2 Å². The average molecular weight is 476 g/mol. The third-order valence-electron chi connectivity index (χ3n) is 4.56. The van der Waals surface area contributed by atoms with Crippen LogP contribution >= 0.6 is 34.8 Å². The molecule has 5 nitrogen and oxygen atoms in total. The van der Waals surface area contributed by atoms with Crippen molar-refractivity contribution in [2.24, 2.45) is 0 Å². The zero-order valence-corrected chi connectivity index (χ0v) is 18.8. The molecule has 0 saturated carbocycles. The minimum atomic E-state index is -1.12. The molecule has 158 valence electrons. The first-order valence-corrected chi connectivity index (χ1v) is 10.5. The molecule has 0 aliphatic carbocycles. The maximum absolute atomic E-state index is 12.8. The van der Waals surface area contributed by atoms with Gasteiger partial charge in [-0.25, -0.2) is 4.98 Å². The molecule has 0 unspecified atom stereocenters. The van der Waals surface area contributed by atoms with E-state index in [1.165, 1.54) is 0 Å². The van der Waals surface area contributed by atoms with Crippen LogP contribution in [-0.2, 0) is 4.79 Å². The second-order valence-electron chi connectivity index (χ2n) is 7.32. The minimum Gasteiger partial charge on any atom is -0.478 e. The second kappa shape index (κ2) is 8.42. The number of oxazole rings is 1. The molecule has 0 atom stereocenters. The number of rotatable bonds is 5. The van der Waals surface area contributed by atoms with E-state index in [1.54, 1.807) is 74.5 Å². The predicted octanol–water partition coefficient (Wildman–Crippen LogP) is 7.25. The van der Waals surface area contributed by atoms with Crippen LogP contribution in [0.2, 0.25) is 15.1 Å². The third-order valence-corrected chi connectivity index (χ3v) is 5.63. The molecule has 1 aromatic heterocycles. The highest BCUT2D eigenvalue weighted by Crippen LogP contribution is 2.35. The van der Waals surface area contributed by atoms with E-state index >= 15 is 0 Å². The lowest BCUT2D eigenvalue weighted by Gasteiger charge is -2.25. The van der Waals surface area contributed by atoms with Gasteiger partial charge in [-0.2, -0.15) is 0 Å². The molecule has 1 N–H and O–H groups in total. The van der Waals surface area contributed by atoms with Gasteiger partial charge in [-0.05, 0) is 68.4 Å². The standard InChI is InChI=1S/C23H17Cl3N2O3/c1-23(2,31-15-9-6-13(24)7-10-15)22(29)27-14-8-11-19-18(12-14)28-21(30-19)16-4-3-5-17(25)20(16)26/h3-12H,1-2H3,(H,27,29). The van der Waals surface area contributed by atoms with Gasteiger partial charge < -0.3 is 14.5 Å². The van der Waals surface area contributed by atoms with Crippen LogP contribution in [0.15, 0.2) is 65.1 Å². The smallest absolute Gasteiger partial charge is 0.267 e. The van der Waals surface area contributed by atoms with Crippen LogP contribution in [0.25, 0.3) is 22.6 Å². The number of amides is 1. The number of carbonyl (C=O) groups excluding carboxylic acids is 1. The Morgan fingerprint density at radius 2 is 1.77 bits per heavy atom. The van der Waals surface area contributed by atoms with Crippen LogP contribution in [0.1, 0.15) is 13.8 Å². The van der Waals surface area contributed by atoms with Gasteiger partial charge in [0.25, 0.3) is 5.91 Å². The molecule has 1 amide bonds. The summed E-state index contributed by atoms with van der Waals surface area (Å²) in [5.74, 6) is 0.570. The van der Waals surface area contributed by atoms with E-state index in [1.807, 2.05) is 0 Å². The summed E-state index contributed by atoms with van der Waals surface area (Å²) in [4.78, 5) is 17.3. The maximum atomic E-state index is 12.8. The van der Waals surface area contributed by atoms with Gasteiger partial charge in [0.15, 0.2) is 11.2 Å². The molecule has 0 spiro atoms. The highest BCUT2D eigenvalue weighted by Gasteiger charge is 2.30. The monoisotopic (exact) mass is 474 g/mol. The van der Waals surface area contributed by atoms with Crippen LogP contribution in [-0.4, -0.2) is 16.5 Å². The Kier molecular flexibility index (Phi) is 5.84. The highest BCUT2D eigenvalue weighted by molar-refractivity contribution is 6.43. The number of nitrogens with one attached hydrogen (secondary N) is 1. The van der Waals surface area contributed by atoms with Gasteiger partial charge in [0.05, 0.1) is 15.6 Å². The van der Waals surface area contributed by atoms with Gasteiger partial charge in [0.1, 0.15) is 11.3 Å². The van der Waals surface area contributed by atoms with E-state index < -0.39 is 5.60 Å². The fourth-order valence-electron chi connectivity index (χ4n) is 2.91. The summed E-state index contributed by atoms with van der Waals surface area (Å²) in [5.41, 5.74) is 1.16. The molecule has 0 aliphatic heterocycles. The number of ether oxygens (including phenoxy) is 1. The number of anilines is 1. The summed E-state index contributed by atoms with van der Waals surface area (Å²) in [7, 11) is 0.